The summed E-state index contributed by atoms with van der Waals surface area (Å²) in [7, 11) is 0. The molecule has 0 saturated carbocycles. The fourth-order valence-electron chi connectivity index (χ4n) is 3.11. The van der Waals surface area contributed by atoms with E-state index in [0.717, 1.165) is 17.1 Å². The van der Waals surface area contributed by atoms with E-state index in [4.69, 9.17) is 5.11 Å². The van der Waals surface area contributed by atoms with Crippen molar-refractivity contribution in [2.24, 2.45) is 0 Å². The molecule has 1 aromatic heterocycles. The van der Waals surface area contributed by atoms with Gasteiger partial charge < -0.3 is 14.9 Å². The van der Waals surface area contributed by atoms with Crippen LogP contribution in [0.4, 0.5) is 0 Å². The summed E-state index contributed by atoms with van der Waals surface area (Å²) in [5.74, 6) is -1.28. The summed E-state index contributed by atoms with van der Waals surface area (Å²) in [5.41, 5.74) is 0.750. The van der Waals surface area contributed by atoms with Crippen LogP contribution >= 0.6 is 11.3 Å². The topological polar surface area (TPSA) is 90.8 Å². The number of carboxylic acids is 1. The molecule has 8 heteroatoms. The number of thiazole rings is 1. The van der Waals surface area contributed by atoms with Gasteiger partial charge in [0.1, 0.15) is 11.4 Å². The number of carboxylic acid groups (broad SMARTS) is 1. The molecular weight excluding hydrogens is 330 g/mol. The van der Waals surface area contributed by atoms with Crippen molar-refractivity contribution in [3.05, 3.63) is 15.6 Å². The van der Waals surface area contributed by atoms with Crippen molar-refractivity contribution in [2.75, 3.05) is 19.6 Å². The van der Waals surface area contributed by atoms with Crippen molar-refractivity contribution in [3.8, 4) is 0 Å². The molecule has 2 rings (SSSR count). The van der Waals surface area contributed by atoms with Gasteiger partial charge >= 0.3 is 5.97 Å². The number of aromatic nitrogens is 1. The zero-order chi connectivity index (χ0) is 17.9. The lowest BCUT2D eigenvalue weighted by molar-refractivity contribution is -0.145. The largest absolute Gasteiger partial charge is 0.480 e. The lowest BCUT2D eigenvalue weighted by Gasteiger charge is -2.28. The molecule has 132 valence electrons. The highest BCUT2D eigenvalue weighted by molar-refractivity contribution is 7.13. The molecule has 1 aromatic rings. The zero-order valence-electron chi connectivity index (χ0n) is 14.2. The number of hydrogen-bond donors (Lipinski definition) is 1. The minimum atomic E-state index is -1.02. The highest BCUT2D eigenvalue weighted by Gasteiger charge is 2.29. The Morgan fingerprint density at radius 2 is 2.00 bits per heavy atom. The third kappa shape index (κ3) is 4.31. The van der Waals surface area contributed by atoms with Crippen LogP contribution in [0.15, 0.2) is 0 Å². The normalized spacial score (nSPS) is 18.1. The number of amides is 2. The van der Waals surface area contributed by atoms with Gasteiger partial charge in [0.15, 0.2) is 0 Å². The van der Waals surface area contributed by atoms with Crippen LogP contribution in [0.3, 0.4) is 0 Å². The van der Waals surface area contributed by atoms with E-state index in [9.17, 15) is 14.4 Å². The smallest absolute Gasteiger partial charge is 0.323 e. The lowest BCUT2D eigenvalue weighted by atomic mass is 10.1. The second-order valence-electron chi connectivity index (χ2n) is 6.07. The first-order valence-electron chi connectivity index (χ1n) is 8.02. The Morgan fingerprint density at radius 3 is 2.54 bits per heavy atom. The standard InChI is InChI=1S/C16H23N3O4S/c1-10-15(24-11(2)17-10)16(23)18-7-4-5-13(6-8-18)19(12(3)20)9-14(21)22/h13H,4-9H2,1-3H3,(H,21,22). The second-order valence-corrected chi connectivity index (χ2v) is 7.27. The number of rotatable bonds is 4. The van der Waals surface area contributed by atoms with E-state index in [1.807, 2.05) is 13.8 Å². The van der Waals surface area contributed by atoms with Crippen LogP contribution in [0.25, 0.3) is 0 Å². The van der Waals surface area contributed by atoms with Crippen molar-refractivity contribution in [2.45, 2.75) is 46.1 Å². The van der Waals surface area contributed by atoms with Gasteiger partial charge in [-0.3, -0.25) is 14.4 Å². The Bertz CT molecular complexity index is 643. The molecule has 0 spiro atoms. The van der Waals surface area contributed by atoms with Gasteiger partial charge in [-0.2, -0.15) is 0 Å². The average Bonchev–Trinajstić information content (AvgIpc) is 2.71. The first-order chi connectivity index (χ1) is 11.3. The van der Waals surface area contributed by atoms with Gasteiger partial charge in [0.05, 0.1) is 10.7 Å². The van der Waals surface area contributed by atoms with Gasteiger partial charge in [-0.05, 0) is 33.1 Å². The fraction of sp³-hybridized carbons (Fsp3) is 0.625. The van der Waals surface area contributed by atoms with Crippen LogP contribution in [-0.4, -0.2) is 63.4 Å². The number of aryl methyl sites for hydroxylation is 2. The van der Waals surface area contributed by atoms with Crippen LogP contribution < -0.4 is 0 Å². The van der Waals surface area contributed by atoms with E-state index in [-0.39, 0.29) is 24.4 Å². The minimum Gasteiger partial charge on any atom is -0.480 e. The second kappa shape index (κ2) is 7.74. The van der Waals surface area contributed by atoms with E-state index >= 15 is 0 Å². The lowest BCUT2D eigenvalue weighted by Crippen LogP contribution is -2.43. The monoisotopic (exact) mass is 353 g/mol. The van der Waals surface area contributed by atoms with Gasteiger partial charge in [-0.1, -0.05) is 0 Å². The summed E-state index contributed by atoms with van der Waals surface area (Å²) in [4.78, 5) is 43.6. The third-order valence-corrected chi connectivity index (χ3v) is 5.29. The van der Waals surface area contributed by atoms with Crippen LogP contribution in [0.2, 0.25) is 0 Å². The maximum Gasteiger partial charge on any atom is 0.323 e. The van der Waals surface area contributed by atoms with E-state index in [1.54, 1.807) is 4.90 Å². The predicted octanol–water partition coefficient (Wildman–Crippen LogP) is 1.69. The van der Waals surface area contributed by atoms with Crippen molar-refractivity contribution in [1.82, 2.24) is 14.8 Å². The number of aliphatic carboxylic acids is 1. The molecule has 1 atom stereocenters. The molecule has 1 unspecified atom stereocenters. The molecule has 1 N–H and O–H groups in total. The number of nitrogens with zero attached hydrogens (tertiary/aromatic N) is 3. The van der Waals surface area contributed by atoms with Gasteiger partial charge in [0.25, 0.3) is 5.91 Å². The van der Waals surface area contributed by atoms with Gasteiger partial charge in [-0.15, -0.1) is 11.3 Å². The average molecular weight is 353 g/mol. The third-order valence-electron chi connectivity index (χ3n) is 4.23. The van der Waals surface area contributed by atoms with Crippen LogP contribution in [0, 0.1) is 13.8 Å². The SMILES string of the molecule is CC(=O)N(CC(=O)O)C1CCCN(C(=O)c2sc(C)nc2C)CC1. The molecule has 24 heavy (non-hydrogen) atoms. The first-order valence-corrected chi connectivity index (χ1v) is 8.83. The van der Waals surface area contributed by atoms with Gasteiger partial charge in [0.2, 0.25) is 5.91 Å². The molecule has 0 aliphatic carbocycles. The minimum absolute atomic E-state index is 0.0219. The highest BCUT2D eigenvalue weighted by Crippen LogP contribution is 2.23. The maximum atomic E-state index is 12.7. The zero-order valence-corrected chi connectivity index (χ0v) is 15.1. The Balaban J connectivity index is 2.06. The maximum absolute atomic E-state index is 12.7. The number of likely N-dealkylation sites (tertiary alicyclic amines) is 1. The van der Waals surface area contributed by atoms with Gasteiger partial charge in [-0.25, -0.2) is 4.98 Å². The van der Waals surface area contributed by atoms with E-state index in [2.05, 4.69) is 4.98 Å². The molecule has 1 aliphatic rings. The van der Waals surface area contributed by atoms with E-state index < -0.39 is 5.97 Å². The predicted molar refractivity (Wildman–Crippen MR) is 90.2 cm³/mol. The molecule has 0 bridgehead atoms. The molecule has 1 saturated heterocycles. The summed E-state index contributed by atoms with van der Waals surface area (Å²) < 4.78 is 0. The summed E-state index contributed by atoms with van der Waals surface area (Å²) in [6.07, 6.45) is 2.05. The summed E-state index contributed by atoms with van der Waals surface area (Å²) in [6.45, 7) is 5.94. The Kier molecular flexibility index (Phi) is 5.93. The van der Waals surface area contributed by atoms with Crippen molar-refractivity contribution < 1.29 is 19.5 Å². The van der Waals surface area contributed by atoms with Crippen molar-refractivity contribution >= 4 is 29.1 Å². The van der Waals surface area contributed by atoms with Crippen molar-refractivity contribution in [1.29, 1.82) is 0 Å². The molecule has 7 nitrogen and oxygen atoms in total. The molecule has 0 radical (unpaired) electrons. The van der Waals surface area contributed by atoms with Crippen LogP contribution in [0.5, 0.6) is 0 Å². The summed E-state index contributed by atoms with van der Waals surface area (Å²) in [5, 5.41) is 9.86. The quantitative estimate of drug-likeness (QED) is 0.889. The van der Waals surface area contributed by atoms with Gasteiger partial charge in [0, 0.05) is 26.1 Å². The summed E-state index contributed by atoms with van der Waals surface area (Å²) >= 11 is 1.40. The Labute approximate surface area is 145 Å². The number of carbonyl (C=O) groups excluding carboxylic acids is 2. The Hall–Kier alpha value is -1.96. The summed E-state index contributed by atoms with van der Waals surface area (Å²) in [6, 6.07) is -0.138. The molecule has 1 aliphatic heterocycles. The fourth-order valence-corrected chi connectivity index (χ4v) is 4.00. The molecule has 2 amide bonds. The highest BCUT2D eigenvalue weighted by atomic mass is 32.1. The molecule has 0 aromatic carbocycles. The first kappa shape index (κ1) is 18.4. The van der Waals surface area contributed by atoms with Crippen molar-refractivity contribution in [3.63, 3.8) is 0 Å². The van der Waals surface area contributed by atoms with Crippen LogP contribution in [-0.2, 0) is 9.59 Å². The molecular formula is C16H23N3O4S. The van der Waals surface area contributed by atoms with E-state index in [1.165, 1.54) is 23.2 Å². The number of hydrogen-bond acceptors (Lipinski definition) is 5. The number of carbonyl (C=O) groups is 3. The molecule has 1 fully saturated rings. The Morgan fingerprint density at radius 1 is 1.29 bits per heavy atom. The van der Waals surface area contributed by atoms with E-state index in [0.29, 0.717) is 30.8 Å². The van der Waals surface area contributed by atoms with Crippen LogP contribution in [0.1, 0.15) is 46.6 Å². The molecule has 2 heterocycles.